The van der Waals surface area contributed by atoms with Crippen molar-refractivity contribution in [2.75, 3.05) is 14.1 Å². The van der Waals surface area contributed by atoms with Gasteiger partial charge in [-0.1, -0.05) is 0 Å². The summed E-state index contributed by atoms with van der Waals surface area (Å²) in [6.07, 6.45) is 1.51. The second kappa shape index (κ2) is 8.15. The maximum Gasteiger partial charge on any atom is 0.251 e. The van der Waals surface area contributed by atoms with Crippen LogP contribution < -0.4 is 10.6 Å². The van der Waals surface area contributed by atoms with Gasteiger partial charge in [-0.15, -0.1) is 0 Å². The standard InChI is InChI=1S/C17H21N3O5S/c1-12(16(21)18-11-14-5-4-10-25-14)19-17(22)13-6-8-15(9-7-13)26(23,24)20(2)3/h4-10,12H,11H2,1-3H3,(H,18,21)(H,19,22)/t12-/m1/s1. The maximum atomic E-state index is 12.2. The summed E-state index contributed by atoms with van der Waals surface area (Å²) in [5, 5.41) is 5.22. The van der Waals surface area contributed by atoms with Crippen molar-refractivity contribution in [2.24, 2.45) is 0 Å². The van der Waals surface area contributed by atoms with Crippen molar-refractivity contribution in [1.29, 1.82) is 0 Å². The van der Waals surface area contributed by atoms with E-state index in [4.69, 9.17) is 4.42 Å². The number of nitrogens with one attached hydrogen (secondary N) is 2. The summed E-state index contributed by atoms with van der Waals surface area (Å²) in [6.45, 7) is 1.78. The summed E-state index contributed by atoms with van der Waals surface area (Å²) in [6, 6.07) is 8.19. The third kappa shape index (κ3) is 4.70. The number of amides is 2. The van der Waals surface area contributed by atoms with Crippen molar-refractivity contribution in [3.8, 4) is 0 Å². The van der Waals surface area contributed by atoms with E-state index >= 15 is 0 Å². The number of furan rings is 1. The molecule has 0 saturated carbocycles. The van der Waals surface area contributed by atoms with Gasteiger partial charge < -0.3 is 15.1 Å². The molecule has 1 heterocycles. The second-order valence-corrected chi connectivity index (χ2v) is 7.96. The Morgan fingerprint density at radius 2 is 1.81 bits per heavy atom. The van der Waals surface area contributed by atoms with Crippen molar-refractivity contribution in [3.05, 3.63) is 54.0 Å². The lowest BCUT2D eigenvalue weighted by atomic mass is 10.2. The molecular formula is C17H21N3O5S. The SMILES string of the molecule is C[C@@H](NC(=O)c1ccc(S(=O)(=O)N(C)C)cc1)C(=O)NCc1ccco1. The fourth-order valence-corrected chi connectivity index (χ4v) is 2.98. The van der Waals surface area contributed by atoms with Crippen molar-refractivity contribution >= 4 is 21.8 Å². The van der Waals surface area contributed by atoms with Crippen LogP contribution in [0.25, 0.3) is 0 Å². The molecule has 1 atom stereocenters. The Labute approximate surface area is 152 Å². The quantitative estimate of drug-likeness (QED) is 0.745. The van der Waals surface area contributed by atoms with E-state index in [1.54, 1.807) is 19.1 Å². The van der Waals surface area contributed by atoms with E-state index in [1.807, 2.05) is 0 Å². The van der Waals surface area contributed by atoms with Crippen LogP contribution in [0.5, 0.6) is 0 Å². The summed E-state index contributed by atoms with van der Waals surface area (Å²) in [5.41, 5.74) is 0.258. The zero-order chi connectivity index (χ0) is 19.3. The smallest absolute Gasteiger partial charge is 0.251 e. The van der Waals surface area contributed by atoms with Crippen LogP contribution in [-0.4, -0.2) is 44.7 Å². The van der Waals surface area contributed by atoms with Crippen LogP contribution in [0.15, 0.2) is 52.0 Å². The molecule has 0 aliphatic rings. The lowest BCUT2D eigenvalue weighted by molar-refractivity contribution is -0.122. The zero-order valence-electron chi connectivity index (χ0n) is 14.7. The Morgan fingerprint density at radius 3 is 2.35 bits per heavy atom. The average molecular weight is 379 g/mol. The van der Waals surface area contributed by atoms with Gasteiger partial charge in [-0.25, -0.2) is 12.7 Å². The topological polar surface area (TPSA) is 109 Å². The third-order valence-electron chi connectivity index (χ3n) is 3.65. The predicted molar refractivity (Wildman–Crippen MR) is 94.8 cm³/mol. The van der Waals surface area contributed by atoms with E-state index < -0.39 is 22.0 Å². The van der Waals surface area contributed by atoms with Crippen molar-refractivity contribution in [1.82, 2.24) is 14.9 Å². The summed E-state index contributed by atoms with van der Waals surface area (Å²) < 4.78 is 30.2. The lowest BCUT2D eigenvalue weighted by Crippen LogP contribution is -2.44. The van der Waals surface area contributed by atoms with Crippen LogP contribution in [0.1, 0.15) is 23.0 Å². The highest BCUT2D eigenvalue weighted by Crippen LogP contribution is 2.14. The molecular weight excluding hydrogens is 358 g/mol. The molecule has 0 saturated heterocycles. The Bertz CT molecular complexity index is 858. The first-order valence-electron chi connectivity index (χ1n) is 7.85. The monoisotopic (exact) mass is 379 g/mol. The van der Waals surface area contributed by atoms with Gasteiger partial charge in [-0.2, -0.15) is 0 Å². The first-order valence-corrected chi connectivity index (χ1v) is 9.29. The molecule has 0 aliphatic carbocycles. The predicted octanol–water partition coefficient (Wildman–Crippen LogP) is 0.965. The molecule has 2 N–H and O–H groups in total. The largest absolute Gasteiger partial charge is 0.467 e. The molecule has 0 unspecified atom stereocenters. The van der Waals surface area contributed by atoms with Crippen molar-refractivity contribution < 1.29 is 22.4 Å². The Hall–Kier alpha value is -2.65. The second-order valence-electron chi connectivity index (χ2n) is 5.80. The molecule has 1 aromatic carbocycles. The summed E-state index contributed by atoms with van der Waals surface area (Å²) in [4.78, 5) is 24.3. The molecule has 9 heteroatoms. The summed E-state index contributed by atoms with van der Waals surface area (Å²) in [7, 11) is -0.697. The first kappa shape index (κ1) is 19.7. The molecule has 0 fully saturated rings. The molecule has 8 nitrogen and oxygen atoms in total. The average Bonchev–Trinajstić information content (AvgIpc) is 3.13. The Morgan fingerprint density at radius 1 is 1.15 bits per heavy atom. The molecule has 0 bridgehead atoms. The molecule has 2 amide bonds. The Balaban J connectivity index is 1.95. The highest BCUT2D eigenvalue weighted by Gasteiger charge is 2.19. The molecule has 0 spiro atoms. The molecule has 0 aliphatic heterocycles. The lowest BCUT2D eigenvalue weighted by Gasteiger charge is -2.14. The normalized spacial score (nSPS) is 12.6. The van der Waals surface area contributed by atoms with Crippen LogP contribution in [-0.2, 0) is 21.4 Å². The van der Waals surface area contributed by atoms with E-state index in [0.29, 0.717) is 5.76 Å². The minimum atomic E-state index is -3.56. The number of benzene rings is 1. The molecule has 140 valence electrons. The number of rotatable bonds is 7. The molecule has 0 radical (unpaired) electrons. The van der Waals surface area contributed by atoms with E-state index in [2.05, 4.69) is 10.6 Å². The van der Waals surface area contributed by atoms with Gasteiger partial charge in [0.15, 0.2) is 0 Å². The molecule has 2 rings (SSSR count). The number of carbonyl (C=O) groups is 2. The molecule has 1 aromatic heterocycles. The van der Waals surface area contributed by atoms with Crippen LogP contribution in [0.4, 0.5) is 0 Å². The minimum absolute atomic E-state index is 0.0864. The van der Waals surface area contributed by atoms with Gasteiger partial charge in [0, 0.05) is 19.7 Å². The summed E-state index contributed by atoms with van der Waals surface area (Å²) >= 11 is 0. The van der Waals surface area contributed by atoms with E-state index in [1.165, 1.54) is 44.6 Å². The van der Waals surface area contributed by atoms with Gasteiger partial charge in [0.05, 0.1) is 17.7 Å². The fourth-order valence-electron chi connectivity index (χ4n) is 2.08. The van der Waals surface area contributed by atoms with Crippen molar-refractivity contribution in [3.63, 3.8) is 0 Å². The van der Waals surface area contributed by atoms with Crippen molar-refractivity contribution in [2.45, 2.75) is 24.4 Å². The minimum Gasteiger partial charge on any atom is -0.467 e. The van der Waals surface area contributed by atoms with E-state index in [9.17, 15) is 18.0 Å². The van der Waals surface area contributed by atoms with Gasteiger partial charge in [0.25, 0.3) is 5.91 Å². The van der Waals surface area contributed by atoms with Gasteiger partial charge in [0.1, 0.15) is 11.8 Å². The van der Waals surface area contributed by atoms with E-state index in [0.717, 1.165) is 4.31 Å². The summed E-state index contributed by atoms with van der Waals surface area (Å²) in [5.74, 6) is -0.226. The molecule has 26 heavy (non-hydrogen) atoms. The highest BCUT2D eigenvalue weighted by atomic mass is 32.2. The molecule has 2 aromatic rings. The van der Waals surface area contributed by atoms with Crippen LogP contribution in [0.2, 0.25) is 0 Å². The highest BCUT2D eigenvalue weighted by molar-refractivity contribution is 7.89. The number of sulfonamides is 1. The number of nitrogens with zero attached hydrogens (tertiary/aromatic N) is 1. The Kier molecular flexibility index (Phi) is 6.17. The van der Waals surface area contributed by atoms with Gasteiger partial charge >= 0.3 is 0 Å². The van der Waals surface area contributed by atoms with Gasteiger partial charge in [-0.05, 0) is 43.3 Å². The van der Waals surface area contributed by atoms with Gasteiger partial charge in [0.2, 0.25) is 15.9 Å². The number of hydrogen-bond donors (Lipinski definition) is 2. The zero-order valence-corrected chi connectivity index (χ0v) is 15.5. The van der Waals surface area contributed by atoms with Crippen LogP contribution >= 0.6 is 0 Å². The van der Waals surface area contributed by atoms with Crippen LogP contribution in [0, 0.1) is 0 Å². The number of carbonyl (C=O) groups excluding carboxylic acids is 2. The van der Waals surface area contributed by atoms with Gasteiger partial charge in [-0.3, -0.25) is 9.59 Å². The maximum absolute atomic E-state index is 12.2. The van der Waals surface area contributed by atoms with Crippen LogP contribution in [0.3, 0.4) is 0 Å². The van der Waals surface area contributed by atoms with E-state index in [-0.39, 0.29) is 22.9 Å². The fraction of sp³-hybridized carbons (Fsp3) is 0.294. The first-order chi connectivity index (χ1) is 12.2. The number of hydrogen-bond acceptors (Lipinski definition) is 5. The third-order valence-corrected chi connectivity index (χ3v) is 5.48.